The van der Waals surface area contributed by atoms with Crippen LogP contribution in [0.5, 0.6) is 0 Å². The molecule has 3 aliphatic rings. The van der Waals surface area contributed by atoms with Crippen molar-refractivity contribution in [1.82, 2.24) is 4.90 Å². The quantitative estimate of drug-likeness (QED) is 0.775. The van der Waals surface area contributed by atoms with Crippen LogP contribution in [0.4, 0.5) is 0 Å². The topological polar surface area (TPSA) is 23.5 Å². The van der Waals surface area contributed by atoms with Crippen molar-refractivity contribution < 1.29 is 5.11 Å². The van der Waals surface area contributed by atoms with E-state index < -0.39 is 0 Å². The van der Waals surface area contributed by atoms with Crippen molar-refractivity contribution in [3.8, 4) is 0 Å². The number of rotatable bonds is 1. The average Bonchev–Trinajstić information content (AvgIpc) is 2.36. The second kappa shape index (κ2) is 3.95. The fourth-order valence-electron chi connectivity index (χ4n) is 2.80. The van der Waals surface area contributed by atoms with E-state index in [1.807, 2.05) is 18.2 Å². The normalized spacial score (nSPS) is 31.1. The Hall–Kier alpha value is -1.28. The lowest BCUT2D eigenvalue weighted by Gasteiger charge is -2.45. The van der Waals surface area contributed by atoms with Crippen molar-refractivity contribution >= 4 is 6.08 Å². The molecule has 3 aliphatic heterocycles. The summed E-state index contributed by atoms with van der Waals surface area (Å²) in [5.74, 6) is 0.486. The van der Waals surface area contributed by atoms with E-state index in [0.29, 0.717) is 5.92 Å². The predicted octanol–water partition coefficient (Wildman–Crippen LogP) is 2.11. The van der Waals surface area contributed by atoms with Crippen molar-refractivity contribution in [3.63, 3.8) is 0 Å². The number of benzene rings is 1. The summed E-state index contributed by atoms with van der Waals surface area (Å²) >= 11 is 0. The largest absolute Gasteiger partial charge is 0.387 e. The Labute approximate surface area is 96.2 Å². The summed E-state index contributed by atoms with van der Waals surface area (Å²) in [5.41, 5.74) is 2.30. The number of fused-ring (bicyclic) bond motifs is 3. The van der Waals surface area contributed by atoms with Crippen molar-refractivity contribution in [1.29, 1.82) is 0 Å². The van der Waals surface area contributed by atoms with Gasteiger partial charge in [0, 0.05) is 18.8 Å². The molecule has 1 atom stereocenters. The molecule has 3 heterocycles. The molecular weight excluding hydrogens is 198 g/mol. The lowest BCUT2D eigenvalue weighted by molar-refractivity contribution is 0.0215. The van der Waals surface area contributed by atoms with Crippen LogP contribution >= 0.6 is 0 Å². The predicted molar refractivity (Wildman–Crippen MR) is 64.7 cm³/mol. The zero-order chi connectivity index (χ0) is 11.0. The lowest BCUT2D eigenvalue weighted by atomic mass is 9.83. The highest BCUT2D eigenvalue weighted by molar-refractivity contribution is 5.54. The van der Waals surface area contributed by atoms with Crippen LogP contribution in [0.25, 0.3) is 6.08 Å². The van der Waals surface area contributed by atoms with Crippen LogP contribution in [0, 0.1) is 5.92 Å². The van der Waals surface area contributed by atoms with Gasteiger partial charge < -0.3 is 10.0 Å². The number of aliphatic hydroxyl groups excluding tert-OH is 1. The van der Waals surface area contributed by atoms with Gasteiger partial charge in [-0.05, 0) is 30.4 Å². The van der Waals surface area contributed by atoms with Gasteiger partial charge in [0.1, 0.15) is 0 Å². The standard InChI is InChI=1S/C14H17NO/c16-14-12-6-8-15(9-7-12)13(14)10-11-4-2-1-3-5-11/h1-5,10,12,14,16H,6-9H2/b13-10+/t14-/m1/s1. The first-order valence-corrected chi connectivity index (χ1v) is 6.04. The molecule has 0 unspecified atom stereocenters. The maximum absolute atomic E-state index is 10.2. The summed E-state index contributed by atoms with van der Waals surface area (Å²) < 4.78 is 0. The van der Waals surface area contributed by atoms with Crippen LogP contribution < -0.4 is 0 Å². The fraction of sp³-hybridized carbons (Fsp3) is 0.429. The summed E-state index contributed by atoms with van der Waals surface area (Å²) in [5, 5.41) is 10.2. The first-order chi connectivity index (χ1) is 7.84. The molecule has 4 rings (SSSR count). The summed E-state index contributed by atoms with van der Waals surface area (Å²) in [6.45, 7) is 2.22. The molecule has 1 aromatic rings. The van der Waals surface area contributed by atoms with Crippen molar-refractivity contribution in [2.75, 3.05) is 13.1 Å². The Morgan fingerprint density at radius 3 is 2.44 bits per heavy atom. The number of hydrogen-bond donors (Lipinski definition) is 1. The van der Waals surface area contributed by atoms with Gasteiger partial charge in [-0.2, -0.15) is 0 Å². The number of hydrogen-bond acceptors (Lipinski definition) is 2. The van der Waals surface area contributed by atoms with Gasteiger partial charge in [-0.1, -0.05) is 30.3 Å². The molecule has 0 saturated carbocycles. The van der Waals surface area contributed by atoms with E-state index in [2.05, 4.69) is 23.1 Å². The minimum absolute atomic E-state index is 0.247. The molecule has 2 bridgehead atoms. The Balaban J connectivity index is 1.92. The van der Waals surface area contributed by atoms with Gasteiger partial charge in [0.05, 0.1) is 6.10 Å². The Bertz CT molecular complexity index is 386. The zero-order valence-corrected chi connectivity index (χ0v) is 9.34. The third-order valence-electron chi connectivity index (χ3n) is 3.77. The molecule has 16 heavy (non-hydrogen) atoms. The van der Waals surface area contributed by atoms with Gasteiger partial charge in [0.25, 0.3) is 0 Å². The summed E-state index contributed by atoms with van der Waals surface area (Å²) in [6.07, 6.45) is 4.18. The molecule has 1 N–H and O–H groups in total. The van der Waals surface area contributed by atoms with Crippen LogP contribution in [0.1, 0.15) is 18.4 Å². The van der Waals surface area contributed by atoms with Crippen molar-refractivity contribution in [2.24, 2.45) is 5.92 Å². The lowest BCUT2D eigenvalue weighted by Crippen LogP contribution is -2.48. The van der Waals surface area contributed by atoms with Gasteiger partial charge in [-0.3, -0.25) is 0 Å². The monoisotopic (exact) mass is 215 g/mol. The van der Waals surface area contributed by atoms with Crippen LogP contribution in [0.15, 0.2) is 36.0 Å². The summed E-state index contributed by atoms with van der Waals surface area (Å²) in [6, 6.07) is 10.3. The summed E-state index contributed by atoms with van der Waals surface area (Å²) in [4.78, 5) is 2.33. The SMILES string of the molecule is O[C@H]1/C(=C\c2ccccc2)N2CCC1CC2. The molecule has 84 valence electrons. The molecule has 0 radical (unpaired) electrons. The first kappa shape index (κ1) is 9.91. The van der Waals surface area contributed by atoms with Gasteiger partial charge in [0.2, 0.25) is 0 Å². The second-order valence-corrected chi connectivity index (χ2v) is 4.75. The molecule has 0 amide bonds. The number of piperidine rings is 3. The van der Waals surface area contributed by atoms with Crippen LogP contribution in [0.3, 0.4) is 0 Å². The maximum atomic E-state index is 10.2. The second-order valence-electron chi connectivity index (χ2n) is 4.75. The van der Waals surface area contributed by atoms with E-state index in [1.165, 1.54) is 5.56 Å². The minimum atomic E-state index is -0.247. The van der Waals surface area contributed by atoms with Crippen molar-refractivity contribution in [3.05, 3.63) is 41.6 Å². The number of nitrogens with zero attached hydrogens (tertiary/aromatic N) is 1. The third kappa shape index (κ3) is 1.63. The van der Waals surface area contributed by atoms with E-state index in [1.54, 1.807) is 0 Å². The molecular formula is C14H17NO. The Kier molecular flexibility index (Phi) is 2.44. The highest BCUT2D eigenvalue weighted by atomic mass is 16.3. The number of aliphatic hydroxyl groups is 1. The molecule has 2 nitrogen and oxygen atoms in total. The van der Waals surface area contributed by atoms with E-state index in [9.17, 15) is 5.11 Å². The fourth-order valence-corrected chi connectivity index (χ4v) is 2.80. The summed E-state index contributed by atoms with van der Waals surface area (Å²) in [7, 11) is 0. The average molecular weight is 215 g/mol. The van der Waals surface area contributed by atoms with E-state index in [4.69, 9.17) is 0 Å². The van der Waals surface area contributed by atoms with E-state index in [0.717, 1.165) is 31.6 Å². The molecule has 3 fully saturated rings. The Morgan fingerprint density at radius 2 is 1.81 bits per heavy atom. The highest BCUT2D eigenvalue weighted by Gasteiger charge is 2.36. The third-order valence-corrected chi connectivity index (χ3v) is 3.77. The van der Waals surface area contributed by atoms with E-state index in [-0.39, 0.29) is 6.10 Å². The van der Waals surface area contributed by atoms with Crippen LogP contribution in [-0.4, -0.2) is 29.2 Å². The molecule has 1 aromatic carbocycles. The van der Waals surface area contributed by atoms with E-state index >= 15 is 0 Å². The van der Waals surface area contributed by atoms with Gasteiger partial charge >= 0.3 is 0 Å². The van der Waals surface area contributed by atoms with Crippen LogP contribution in [0.2, 0.25) is 0 Å². The van der Waals surface area contributed by atoms with Crippen LogP contribution in [-0.2, 0) is 0 Å². The molecule has 0 aromatic heterocycles. The van der Waals surface area contributed by atoms with Crippen molar-refractivity contribution in [2.45, 2.75) is 18.9 Å². The van der Waals surface area contributed by atoms with Gasteiger partial charge in [-0.15, -0.1) is 0 Å². The maximum Gasteiger partial charge on any atom is 0.0965 e. The molecule has 0 aliphatic carbocycles. The minimum Gasteiger partial charge on any atom is -0.387 e. The zero-order valence-electron chi connectivity index (χ0n) is 9.34. The Morgan fingerprint density at radius 1 is 1.12 bits per heavy atom. The first-order valence-electron chi connectivity index (χ1n) is 6.04. The molecule has 0 spiro atoms. The molecule has 3 saturated heterocycles. The van der Waals surface area contributed by atoms with Gasteiger partial charge in [0.15, 0.2) is 0 Å². The van der Waals surface area contributed by atoms with Gasteiger partial charge in [-0.25, -0.2) is 0 Å². The highest BCUT2D eigenvalue weighted by Crippen LogP contribution is 2.35. The smallest absolute Gasteiger partial charge is 0.0965 e. The molecule has 2 heteroatoms.